The molecule has 1 aromatic carbocycles. The van der Waals surface area contributed by atoms with Crippen LogP contribution >= 0.6 is 0 Å². The van der Waals surface area contributed by atoms with Gasteiger partial charge in [0, 0.05) is 28.8 Å². The number of aromatic amines is 1. The van der Waals surface area contributed by atoms with Crippen molar-refractivity contribution in [1.82, 2.24) is 19.7 Å². The van der Waals surface area contributed by atoms with E-state index in [0.717, 1.165) is 17.7 Å². The first-order chi connectivity index (χ1) is 14.5. The Morgan fingerprint density at radius 1 is 1.27 bits per heavy atom. The summed E-state index contributed by atoms with van der Waals surface area (Å²) in [5.41, 5.74) is 3.43. The molecule has 1 aliphatic heterocycles. The van der Waals surface area contributed by atoms with E-state index in [1.54, 1.807) is 10.7 Å². The zero-order valence-electron chi connectivity index (χ0n) is 17.0. The maximum Gasteiger partial charge on any atom is 0.259 e. The molecule has 1 atom stereocenters. The number of nitrogens with zero attached hydrogens (tertiary/aromatic N) is 3. The van der Waals surface area contributed by atoms with Gasteiger partial charge in [-0.25, -0.2) is 9.37 Å². The molecule has 154 valence electrons. The number of hydrogen-bond donors (Lipinski definition) is 1. The Kier molecular flexibility index (Phi) is 4.32. The highest BCUT2D eigenvalue weighted by molar-refractivity contribution is 6.04. The van der Waals surface area contributed by atoms with Crippen molar-refractivity contribution in [2.45, 2.75) is 26.3 Å². The highest BCUT2D eigenvalue weighted by Crippen LogP contribution is 2.37. The van der Waals surface area contributed by atoms with Crippen LogP contribution in [0.25, 0.3) is 32.9 Å². The fourth-order valence-electron chi connectivity index (χ4n) is 4.32. The molecule has 30 heavy (non-hydrogen) atoms. The minimum Gasteiger partial charge on any atom is -0.481 e. The molecule has 1 fully saturated rings. The van der Waals surface area contributed by atoms with Crippen molar-refractivity contribution >= 4 is 21.8 Å². The Morgan fingerprint density at radius 3 is 2.83 bits per heavy atom. The second-order valence-corrected chi connectivity index (χ2v) is 7.67. The summed E-state index contributed by atoms with van der Waals surface area (Å²) in [5.74, 6) is -0.0688. The van der Waals surface area contributed by atoms with Gasteiger partial charge in [0.1, 0.15) is 5.82 Å². The molecule has 4 aromatic rings. The van der Waals surface area contributed by atoms with E-state index in [4.69, 9.17) is 9.47 Å². The fraction of sp³-hybridized carbons (Fsp3) is 0.318. The number of H-pyrrole nitrogens is 1. The van der Waals surface area contributed by atoms with E-state index in [9.17, 15) is 4.79 Å². The lowest BCUT2D eigenvalue weighted by molar-refractivity contribution is 0.185. The van der Waals surface area contributed by atoms with E-state index in [-0.39, 0.29) is 11.6 Å². The van der Waals surface area contributed by atoms with Gasteiger partial charge in [-0.1, -0.05) is 0 Å². The molecule has 7 nitrogen and oxygen atoms in total. The van der Waals surface area contributed by atoms with Gasteiger partial charge in [-0.2, -0.15) is 5.10 Å². The van der Waals surface area contributed by atoms with Crippen LogP contribution in [0.15, 0.2) is 29.2 Å². The number of methoxy groups -OCH3 is 1. The van der Waals surface area contributed by atoms with Crippen molar-refractivity contribution in [1.29, 1.82) is 0 Å². The number of rotatable bonds is 3. The summed E-state index contributed by atoms with van der Waals surface area (Å²) in [6, 6.07) is 5.01. The molecule has 1 unspecified atom stereocenters. The molecule has 0 aliphatic carbocycles. The number of ether oxygens (including phenoxy) is 2. The van der Waals surface area contributed by atoms with Crippen molar-refractivity contribution in [3.8, 4) is 17.0 Å². The highest BCUT2D eigenvalue weighted by atomic mass is 19.1. The van der Waals surface area contributed by atoms with Gasteiger partial charge >= 0.3 is 0 Å². The molecule has 0 bridgehead atoms. The van der Waals surface area contributed by atoms with Crippen molar-refractivity contribution in [3.63, 3.8) is 0 Å². The van der Waals surface area contributed by atoms with Crippen LogP contribution in [0.4, 0.5) is 4.39 Å². The maximum absolute atomic E-state index is 15.4. The van der Waals surface area contributed by atoms with E-state index in [0.29, 0.717) is 52.0 Å². The SMILES string of the molecule is COc1nc(C)cc(C)c1-c1cc2[nH]c(=O)c3cnn(C4CCOC4)c3c2cc1F. The first-order valence-corrected chi connectivity index (χ1v) is 9.81. The first-order valence-electron chi connectivity index (χ1n) is 9.81. The summed E-state index contributed by atoms with van der Waals surface area (Å²) in [6.07, 6.45) is 2.34. The number of halogens is 1. The normalized spacial score (nSPS) is 16.6. The van der Waals surface area contributed by atoms with Gasteiger partial charge in [0.15, 0.2) is 0 Å². The summed E-state index contributed by atoms with van der Waals surface area (Å²) in [4.78, 5) is 20.0. The quantitative estimate of drug-likeness (QED) is 0.559. The standard InChI is InChI=1S/C22H21FN4O3/c1-11-6-12(2)25-22(29-3)19(11)14-8-18-15(7-17(14)23)20-16(21(28)26-18)9-24-27(20)13-4-5-30-10-13/h6-9,13H,4-5,10H2,1-3H3,(H,26,28). The summed E-state index contributed by atoms with van der Waals surface area (Å²) in [6.45, 7) is 4.91. The predicted molar refractivity (Wildman–Crippen MR) is 112 cm³/mol. The largest absolute Gasteiger partial charge is 0.481 e. The molecule has 8 heteroatoms. The summed E-state index contributed by atoms with van der Waals surface area (Å²) in [7, 11) is 1.51. The minimum absolute atomic E-state index is 0.0267. The summed E-state index contributed by atoms with van der Waals surface area (Å²) >= 11 is 0. The van der Waals surface area contributed by atoms with Gasteiger partial charge in [0.25, 0.3) is 5.56 Å². The number of hydrogen-bond acceptors (Lipinski definition) is 5. The van der Waals surface area contributed by atoms with E-state index in [1.165, 1.54) is 19.4 Å². The second-order valence-electron chi connectivity index (χ2n) is 7.67. The van der Waals surface area contributed by atoms with Crippen molar-refractivity contribution in [2.75, 3.05) is 20.3 Å². The number of aromatic nitrogens is 4. The fourth-order valence-corrected chi connectivity index (χ4v) is 4.32. The van der Waals surface area contributed by atoms with Gasteiger partial charge in [-0.3, -0.25) is 9.48 Å². The van der Waals surface area contributed by atoms with E-state index < -0.39 is 5.82 Å². The van der Waals surface area contributed by atoms with Crippen LogP contribution in [-0.4, -0.2) is 40.1 Å². The Morgan fingerprint density at radius 2 is 2.10 bits per heavy atom. The van der Waals surface area contributed by atoms with Crippen LogP contribution in [0.5, 0.6) is 5.88 Å². The second kappa shape index (κ2) is 6.91. The summed E-state index contributed by atoms with van der Waals surface area (Å²) < 4.78 is 28.1. The van der Waals surface area contributed by atoms with Gasteiger partial charge in [-0.15, -0.1) is 0 Å². The maximum atomic E-state index is 15.4. The molecule has 1 saturated heterocycles. The molecule has 3 aromatic heterocycles. The molecular formula is C22H21FN4O3. The zero-order valence-corrected chi connectivity index (χ0v) is 17.0. The lowest BCUT2D eigenvalue weighted by atomic mass is 9.98. The lowest BCUT2D eigenvalue weighted by Crippen LogP contribution is -2.12. The van der Waals surface area contributed by atoms with Crippen LogP contribution < -0.4 is 10.3 Å². The third kappa shape index (κ3) is 2.79. The Balaban J connectivity index is 1.81. The minimum atomic E-state index is -0.418. The van der Waals surface area contributed by atoms with Crippen LogP contribution in [0.2, 0.25) is 0 Å². The molecular weight excluding hydrogens is 387 g/mol. The number of aryl methyl sites for hydroxylation is 2. The van der Waals surface area contributed by atoms with Gasteiger partial charge < -0.3 is 14.5 Å². The van der Waals surface area contributed by atoms with Crippen molar-refractivity contribution < 1.29 is 13.9 Å². The van der Waals surface area contributed by atoms with Crippen molar-refractivity contribution in [3.05, 3.63) is 51.8 Å². The molecule has 0 spiro atoms. The monoisotopic (exact) mass is 408 g/mol. The van der Waals surface area contributed by atoms with Gasteiger partial charge in [0.2, 0.25) is 5.88 Å². The molecule has 5 rings (SSSR count). The third-order valence-corrected chi connectivity index (χ3v) is 5.68. The Bertz CT molecular complexity index is 1350. The topological polar surface area (TPSA) is 82.0 Å². The third-order valence-electron chi connectivity index (χ3n) is 5.68. The van der Waals surface area contributed by atoms with Crippen LogP contribution in [0.3, 0.4) is 0 Å². The van der Waals surface area contributed by atoms with Crippen LogP contribution in [0.1, 0.15) is 23.7 Å². The van der Waals surface area contributed by atoms with Crippen LogP contribution in [-0.2, 0) is 4.74 Å². The average Bonchev–Trinajstić information content (AvgIpc) is 3.38. The Hall–Kier alpha value is -3.26. The smallest absolute Gasteiger partial charge is 0.259 e. The van der Waals surface area contributed by atoms with E-state index in [2.05, 4.69) is 15.1 Å². The number of benzene rings is 1. The molecule has 0 radical (unpaired) electrons. The number of fused-ring (bicyclic) bond motifs is 3. The van der Waals surface area contributed by atoms with Crippen LogP contribution in [0, 0.1) is 19.7 Å². The zero-order chi connectivity index (χ0) is 21.0. The molecule has 0 amide bonds. The van der Waals surface area contributed by atoms with Gasteiger partial charge in [-0.05, 0) is 44.0 Å². The number of pyridine rings is 2. The molecule has 1 aliphatic rings. The van der Waals surface area contributed by atoms with E-state index >= 15 is 4.39 Å². The molecule has 4 heterocycles. The first kappa shape index (κ1) is 18.7. The highest BCUT2D eigenvalue weighted by Gasteiger charge is 2.24. The summed E-state index contributed by atoms with van der Waals surface area (Å²) in [5, 5.41) is 5.45. The van der Waals surface area contributed by atoms with Crippen molar-refractivity contribution in [2.24, 2.45) is 0 Å². The molecule has 1 N–H and O–H groups in total. The molecule has 0 saturated carbocycles. The predicted octanol–water partition coefficient (Wildman–Crippen LogP) is 3.67. The van der Waals surface area contributed by atoms with E-state index in [1.807, 2.05) is 19.9 Å². The Labute approximate surface area is 171 Å². The lowest BCUT2D eigenvalue weighted by Gasteiger charge is -2.15. The average molecular weight is 408 g/mol. The number of nitrogens with one attached hydrogen (secondary N) is 1. The van der Waals surface area contributed by atoms with Gasteiger partial charge in [0.05, 0.1) is 42.4 Å².